The molecule has 2 atom stereocenters. The molecule has 0 aromatic heterocycles. The molecule has 0 spiro atoms. The van der Waals surface area contributed by atoms with E-state index < -0.39 is 12.1 Å². The molecule has 0 saturated heterocycles. The van der Waals surface area contributed by atoms with E-state index in [0.717, 1.165) is 44.9 Å². The average molecular weight is 1150 g/mol. The maximum atomic E-state index is 12.5. The van der Waals surface area contributed by atoms with Gasteiger partial charge in [-0.3, -0.25) is 9.59 Å². The number of amides is 1. The lowest BCUT2D eigenvalue weighted by Gasteiger charge is -2.20. The van der Waals surface area contributed by atoms with Crippen LogP contribution in [0.25, 0.3) is 0 Å². The van der Waals surface area contributed by atoms with Gasteiger partial charge in [-0.15, -0.1) is 0 Å². The van der Waals surface area contributed by atoms with E-state index in [1.54, 1.807) is 6.08 Å². The van der Waals surface area contributed by atoms with Gasteiger partial charge >= 0.3 is 5.97 Å². The summed E-state index contributed by atoms with van der Waals surface area (Å²) in [5.41, 5.74) is 0. The molecule has 0 heterocycles. The van der Waals surface area contributed by atoms with Crippen molar-refractivity contribution in [2.24, 2.45) is 0 Å². The van der Waals surface area contributed by atoms with Gasteiger partial charge in [0.05, 0.1) is 25.4 Å². The summed E-state index contributed by atoms with van der Waals surface area (Å²) in [4.78, 5) is 24.6. The Morgan fingerprint density at radius 2 is 0.610 bits per heavy atom. The monoisotopic (exact) mass is 1150 g/mol. The Morgan fingerprint density at radius 3 is 0.927 bits per heavy atom. The molecule has 1 amide bonds. The van der Waals surface area contributed by atoms with Crippen molar-refractivity contribution in [2.45, 2.75) is 424 Å². The molecular formula is C76H145NO5. The van der Waals surface area contributed by atoms with Gasteiger partial charge in [-0.05, 0) is 64.2 Å². The maximum absolute atomic E-state index is 12.5. The van der Waals surface area contributed by atoms with Crippen molar-refractivity contribution < 1.29 is 24.5 Å². The Balaban J connectivity index is 3.41. The van der Waals surface area contributed by atoms with Gasteiger partial charge in [0.1, 0.15) is 0 Å². The minimum Gasteiger partial charge on any atom is -0.466 e. The first kappa shape index (κ1) is 80.1. The number of unbranched alkanes of at least 4 members (excludes halogenated alkanes) is 55. The second kappa shape index (κ2) is 71.6. The number of ether oxygens (including phenoxy) is 1. The first-order chi connectivity index (χ1) is 40.5. The molecule has 6 heteroatoms. The molecule has 0 aliphatic carbocycles. The Hall–Kier alpha value is -1.92. The Kier molecular flexibility index (Phi) is 69.9. The molecule has 0 fully saturated rings. The van der Waals surface area contributed by atoms with Gasteiger partial charge in [0.2, 0.25) is 5.91 Å². The van der Waals surface area contributed by atoms with Crippen LogP contribution in [0.3, 0.4) is 0 Å². The van der Waals surface area contributed by atoms with Gasteiger partial charge in [-0.25, -0.2) is 0 Å². The van der Waals surface area contributed by atoms with E-state index >= 15 is 0 Å². The molecule has 0 aliphatic heterocycles. The lowest BCUT2D eigenvalue weighted by molar-refractivity contribution is -0.143. The molecule has 0 aliphatic rings. The highest BCUT2D eigenvalue weighted by Gasteiger charge is 2.18. The van der Waals surface area contributed by atoms with Crippen LogP contribution < -0.4 is 5.32 Å². The van der Waals surface area contributed by atoms with Crippen molar-refractivity contribution in [3.63, 3.8) is 0 Å². The van der Waals surface area contributed by atoms with Crippen LogP contribution in [0.2, 0.25) is 0 Å². The summed E-state index contributed by atoms with van der Waals surface area (Å²) in [6, 6.07) is -0.630. The molecule has 82 heavy (non-hydrogen) atoms. The number of nitrogens with one attached hydrogen (secondary N) is 1. The smallest absolute Gasteiger partial charge is 0.305 e. The number of aliphatic hydroxyl groups is 2. The number of carbonyl (C=O) groups excluding carboxylic acids is 2. The van der Waals surface area contributed by atoms with Gasteiger partial charge in [-0.2, -0.15) is 0 Å². The lowest BCUT2D eigenvalue weighted by Crippen LogP contribution is -2.45. The van der Waals surface area contributed by atoms with E-state index in [1.807, 2.05) is 6.08 Å². The van der Waals surface area contributed by atoms with E-state index in [9.17, 15) is 19.8 Å². The zero-order valence-corrected chi connectivity index (χ0v) is 55.5. The summed E-state index contributed by atoms with van der Waals surface area (Å²) in [7, 11) is 0. The van der Waals surface area contributed by atoms with E-state index in [1.165, 1.54) is 340 Å². The van der Waals surface area contributed by atoms with Gasteiger partial charge in [0, 0.05) is 12.8 Å². The SMILES string of the molecule is CCCCCCCCCCCCCCCCCC/C=C/C(O)C(CO)NC(=O)CCCCCCCCCCCCCCC/C=C\C/C=C\CCCCCCCCCCCOC(=O)CCCCCCCCCCCCCCCCCCCC. The van der Waals surface area contributed by atoms with Crippen LogP contribution in [0, 0.1) is 0 Å². The molecule has 0 rings (SSSR count). The van der Waals surface area contributed by atoms with Crippen LogP contribution in [0.5, 0.6) is 0 Å². The van der Waals surface area contributed by atoms with Crippen molar-refractivity contribution in [3.05, 3.63) is 36.5 Å². The van der Waals surface area contributed by atoms with Crippen molar-refractivity contribution in [3.8, 4) is 0 Å². The standard InChI is InChI=1S/C76H145NO5/c1-3-5-7-9-11-13-15-17-19-21-36-40-44-48-52-56-60-64-68-74(79)73(72-78)77-75(80)69-65-61-57-53-49-45-41-37-34-32-30-28-26-24-23-25-27-29-31-33-35-39-43-47-51-55-59-63-67-71-82-76(81)70-66-62-58-54-50-46-42-38-22-20-18-16-14-12-10-8-6-4-2/h23,25,29,31,64,68,73-74,78-79H,3-22,24,26-28,30,32-63,65-67,69-72H2,1-2H3,(H,77,80)/b25-23-,31-29-,68-64+. The second-order valence-corrected chi connectivity index (χ2v) is 25.6. The molecule has 484 valence electrons. The maximum Gasteiger partial charge on any atom is 0.305 e. The third-order valence-electron chi connectivity index (χ3n) is 17.4. The van der Waals surface area contributed by atoms with Gasteiger partial charge in [-0.1, -0.05) is 371 Å². The molecular weight excluding hydrogens is 1010 g/mol. The highest BCUT2D eigenvalue weighted by Crippen LogP contribution is 2.19. The predicted molar refractivity (Wildman–Crippen MR) is 361 cm³/mol. The Bertz CT molecular complexity index is 1330. The molecule has 0 bridgehead atoms. The van der Waals surface area contributed by atoms with Crippen LogP contribution in [-0.4, -0.2) is 47.4 Å². The van der Waals surface area contributed by atoms with Crippen LogP contribution in [-0.2, 0) is 14.3 Å². The molecule has 0 aromatic carbocycles. The van der Waals surface area contributed by atoms with Crippen LogP contribution in [0.15, 0.2) is 36.5 Å². The quantitative estimate of drug-likeness (QED) is 0.0320. The number of hydrogen-bond donors (Lipinski definition) is 3. The normalized spacial score (nSPS) is 12.7. The topological polar surface area (TPSA) is 95.9 Å². The summed E-state index contributed by atoms with van der Waals surface area (Å²) >= 11 is 0. The first-order valence-corrected chi connectivity index (χ1v) is 37.3. The van der Waals surface area contributed by atoms with Crippen molar-refractivity contribution >= 4 is 11.9 Å². The fourth-order valence-corrected chi connectivity index (χ4v) is 11.7. The first-order valence-electron chi connectivity index (χ1n) is 37.3. The molecule has 2 unspecified atom stereocenters. The number of rotatable bonds is 70. The van der Waals surface area contributed by atoms with E-state index in [-0.39, 0.29) is 18.5 Å². The fraction of sp³-hybridized carbons (Fsp3) is 0.895. The van der Waals surface area contributed by atoms with Gasteiger partial charge in [0.15, 0.2) is 0 Å². The second-order valence-electron chi connectivity index (χ2n) is 25.6. The van der Waals surface area contributed by atoms with Crippen molar-refractivity contribution in [1.29, 1.82) is 0 Å². The minimum atomic E-state index is -0.846. The number of hydrogen-bond acceptors (Lipinski definition) is 5. The molecule has 0 radical (unpaired) electrons. The molecule has 0 saturated carbocycles. The Labute approximate surface area is 513 Å². The van der Waals surface area contributed by atoms with Crippen molar-refractivity contribution in [1.82, 2.24) is 5.32 Å². The predicted octanol–water partition coefficient (Wildman–Crippen LogP) is 24.3. The van der Waals surface area contributed by atoms with Crippen LogP contribution >= 0.6 is 0 Å². The molecule has 0 aromatic rings. The average Bonchev–Trinajstić information content (AvgIpc) is 3.48. The van der Waals surface area contributed by atoms with Gasteiger partial charge < -0.3 is 20.3 Å². The van der Waals surface area contributed by atoms with E-state index in [2.05, 4.69) is 43.5 Å². The Morgan fingerprint density at radius 1 is 0.341 bits per heavy atom. The number of carbonyl (C=O) groups is 2. The highest BCUT2D eigenvalue weighted by atomic mass is 16.5. The number of aliphatic hydroxyl groups excluding tert-OH is 2. The molecule has 3 N–H and O–H groups in total. The van der Waals surface area contributed by atoms with Gasteiger partial charge in [0.25, 0.3) is 0 Å². The largest absolute Gasteiger partial charge is 0.466 e. The summed E-state index contributed by atoms with van der Waals surface area (Å²) in [6.45, 7) is 4.94. The zero-order valence-electron chi connectivity index (χ0n) is 55.5. The summed E-state index contributed by atoms with van der Waals surface area (Å²) < 4.78 is 5.51. The van der Waals surface area contributed by atoms with Crippen molar-refractivity contribution in [2.75, 3.05) is 13.2 Å². The van der Waals surface area contributed by atoms with Crippen LogP contribution in [0.1, 0.15) is 412 Å². The minimum absolute atomic E-state index is 0.0167. The van der Waals surface area contributed by atoms with Crippen LogP contribution in [0.4, 0.5) is 0 Å². The van der Waals surface area contributed by atoms with E-state index in [4.69, 9.17) is 4.74 Å². The summed E-state index contributed by atoms with van der Waals surface area (Å²) in [5.74, 6) is -0.0491. The van der Waals surface area contributed by atoms with E-state index in [0.29, 0.717) is 19.4 Å². The highest BCUT2D eigenvalue weighted by molar-refractivity contribution is 5.76. The third-order valence-corrected chi connectivity index (χ3v) is 17.4. The number of allylic oxidation sites excluding steroid dienone is 5. The number of esters is 1. The summed E-state index contributed by atoms with van der Waals surface area (Å²) in [6.07, 6.45) is 92.4. The molecule has 6 nitrogen and oxygen atoms in total. The fourth-order valence-electron chi connectivity index (χ4n) is 11.7. The zero-order chi connectivity index (χ0) is 59.2. The lowest BCUT2D eigenvalue weighted by atomic mass is 10.0. The summed E-state index contributed by atoms with van der Waals surface area (Å²) in [5, 5.41) is 23.2. The third kappa shape index (κ3) is 67.2.